The number of carboxylic acids is 1. The number of carbonyl (C=O) groups is 1. The zero-order valence-corrected chi connectivity index (χ0v) is 27.2. The van der Waals surface area contributed by atoms with Gasteiger partial charge in [0.05, 0.1) is 33.9 Å². The second kappa shape index (κ2) is 12.6. The Morgan fingerprint density at radius 1 is 1.20 bits per heavy atom. The molecule has 0 aliphatic heterocycles. The number of hydrogen-bond donors (Lipinski definition) is 1. The predicted molar refractivity (Wildman–Crippen MR) is 171 cm³/mol. The highest BCUT2D eigenvalue weighted by Gasteiger charge is 2.48. The van der Waals surface area contributed by atoms with Crippen molar-refractivity contribution in [3.8, 4) is 16.9 Å². The summed E-state index contributed by atoms with van der Waals surface area (Å²) < 4.78 is 47.4. The SMILES string of the molecule is Cc1cc(-c2cc(Cl)ccc2OCCn2c(C)nc3c(c2=O)CC(N(C)CC2CC(C(F)(F)F)C2)CC3)c2scc(C(=O)O)c2n1. The summed E-state index contributed by atoms with van der Waals surface area (Å²) in [7, 11) is 1.94. The average molecular weight is 675 g/mol. The van der Waals surface area contributed by atoms with E-state index < -0.39 is 18.1 Å². The fraction of sp³-hybridized carbons (Fsp3) is 0.455. The van der Waals surface area contributed by atoms with Crippen molar-refractivity contribution in [2.75, 3.05) is 20.2 Å². The standard InChI is InChI=1S/C33H34ClF3N4O4S/c1-17-10-24(30-29(38-17)26(16-46-30)32(43)44)23-13-21(34)4-7-28(23)45-9-8-41-18(2)39-27-6-5-22(14-25(27)31(41)42)40(3)15-19-11-20(12-19)33(35,36)37/h4,7,10,13,16,19-20,22H,5-6,8-9,11-12,14-15H2,1-3H3,(H,43,44). The minimum Gasteiger partial charge on any atom is -0.491 e. The van der Waals surface area contributed by atoms with Crippen LogP contribution in [0, 0.1) is 25.7 Å². The molecule has 2 aliphatic rings. The molecule has 244 valence electrons. The molecule has 6 rings (SSSR count). The van der Waals surface area contributed by atoms with Gasteiger partial charge in [0.1, 0.15) is 18.2 Å². The largest absolute Gasteiger partial charge is 0.491 e. The van der Waals surface area contributed by atoms with Gasteiger partial charge in [-0.05, 0) is 83.2 Å². The van der Waals surface area contributed by atoms with Gasteiger partial charge in [-0.3, -0.25) is 14.3 Å². The summed E-state index contributed by atoms with van der Waals surface area (Å²) in [5.41, 5.74) is 3.97. The number of ether oxygens (including phenoxy) is 1. The molecule has 1 saturated carbocycles. The van der Waals surface area contributed by atoms with Gasteiger partial charge in [0.25, 0.3) is 5.56 Å². The van der Waals surface area contributed by atoms with Gasteiger partial charge < -0.3 is 14.7 Å². The first-order valence-electron chi connectivity index (χ1n) is 15.2. The van der Waals surface area contributed by atoms with Gasteiger partial charge in [-0.25, -0.2) is 9.78 Å². The summed E-state index contributed by atoms with van der Waals surface area (Å²) in [5, 5.41) is 11.7. The number of halogens is 4. The molecule has 1 atom stereocenters. The zero-order chi connectivity index (χ0) is 32.9. The van der Waals surface area contributed by atoms with Crippen LogP contribution in [0.2, 0.25) is 5.02 Å². The molecule has 13 heteroatoms. The van der Waals surface area contributed by atoms with E-state index in [1.54, 1.807) is 42.0 Å². The van der Waals surface area contributed by atoms with Gasteiger partial charge >= 0.3 is 12.1 Å². The van der Waals surface area contributed by atoms with E-state index in [-0.39, 0.29) is 49.1 Å². The Labute approximate surface area is 272 Å². The molecule has 46 heavy (non-hydrogen) atoms. The fourth-order valence-corrected chi connectivity index (χ4v) is 7.91. The highest BCUT2D eigenvalue weighted by molar-refractivity contribution is 7.18. The number of pyridine rings is 1. The second-order valence-corrected chi connectivity index (χ2v) is 13.7. The lowest BCUT2D eigenvalue weighted by atomic mass is 9.74. The van der Waals surface area contributed by atoms with Gasteiger partial charge in [-0.2, -0.15) is 13.2 Å². The number of hydrogen-bond acceptors (Lipinski definition) is 7. The number of likely N-dealkylation sites (N-methyl/N-ethyl adjacent to an activating group) is 1. The number of thiophene rings is 1. The normalized spacial score (nSPS) is 19.7. The first-order chi connectivity index (χ1) is 21.8. The molecule has 1 unspecified atom stereocenters. The third-order valence-corrected chi connectivity index (χ3v) is 10.5. The quantitative estimate of drug-likeness (QED) is 0.205. The lowest BCUT2D eigenvalue weighted by Crippen LogP contribution is -2.46. The highest BCUT2D eigenvalue weighted by atomic mass is 35.5. The monoisotopic (exact) mass is 674 g/mol. The maximum absolute atomic E-state index is 13.7. The molecule has 1 aromatic carbocycles. The summed E-state index contributed by atoms with van der Waals surface area (Å²) >= 11 is 7.68. The summed E-state index contributed by atoms with van der Waals surface area (Å²) in [6.07, 6.45) is -1.82. The smallest absolute Gasteiger partial charge is 0.391 e. The number of carboxylic acid groups (broad SMARTS) is 1. The number of alkyl halides is 3. The predicted octanol–water partition coefficient (Wildman–Crippen LogP) is 6.95. The topological polar surface area (TPSA) is 97.6 Å². The van der Waals surface area contributed by atoms with Crippen LogP contribution in [0.3, 0.4) is 0 Å². The lowest BCUT2D eigenvalue weighted by Gasteiger charge is -2.41. The molecule has 0 bridgehead atoms. The van der Waals surface area contributed by atoms with Crippen LogP contribution in [0.25, 0.3) is 21.3 Å². The van der Waals surface area contributed by atoms with Crippen molar-refractivity contribution in [2.24, 2.45) is 11.8 Å². The number of aromatic carboxylic acids is 1. The van der Waals surface area contributed by atoms with Crippen LogP contribution < -0.4 is 10.3 Å². The Hall–Kier alpha value is -3.48. The minimum atomic E-state index is -4.12. The van der Waals surface area contributed by atoms with E-state index in [4.69, 9.17) is 21.3 Å². The van der Waals surface area contributed by atoms with Crippen LogP contribution in [0.4, 0.5) is 13.2 Å². The van der Waals surface area contributed by atoms with E-state index in [9.17, 15) is 27.9 Å². The van der Waals surface area contributed by atoms with Crippen LogP contribution in [0.1, 0.15) is 52.4 Å². The zero-order valence-electron chi connectivity index (χ0n) is 25.7. The van der Waals surface area contributed by atoms with E-state index in [2.05, 4.69) is 9.88 Å². The van der Waals surface area contributed by atoms with Crippen LogP contribution in [-0.2, 0) is 19.4 Å². The summed E-state index contributed by atoms with van der Waals surface area (Å²) in [5.74, 6) is -1.10. The average Bonchev–Trinajstić information content (AvgIpc) is 3.40. The van der Waals surface area contributed by atoms with Crippen molar-refractivity contribution >= 4 is 39.1 Å². The maximum atomic E-state index is 13.7. The van der Waals surface area contributed by atoms with Crippen molar-refractivity contribution < 1.29 is 27.8 Å². The molecule has 8 nitrogen and oxygen atoms in total. The molecule has 4 aromatic rings. The molecule has 1 N–H and O–H groups in total. The first-order valence-corrected chi connectivity index (χ1v) is 16.5. The number of aromatic nitrogens is 3. The van der Waals surface area contributed by atoms with Crippen LogP contribution in [0.15, 0.2) is 34.4 Å². The maximum Gasteiger partial charge on any atom is 0.391 e. The van der Waals surface area contributed by atoms with Gasteiger partial charge in [0.2, 0.25) is 0 Å². The molecular weight excluding hydrogens is 641 g/mol. The lowest BCUT2D eigenvalue weighted by molar-refractivity contribution is -0.205. The van der Waals surface area contributed by atoms with Gasteiger partial charge in [0, 0.05) is 45.4 Å². The number of fused-ring (bicyclic) bond motifs is 2. The molecule has 0 amide bonds. The van der Waals surface area contributed by atoms with E-state index >= 15 is 0 Å². The van der Waals surface area contributed by atoms with E-state index in [1.165, 1.54) is 11.3 Å². The van der Waals surface area contributed by atoms with Crippen molar-refractivity contribution in [3.05, 3.63) is 73.4 Å². The van der Waals surface area contributed by atoms with Crippen molar-refractivity contribution in [3.63, 3.8) is 0 Å². The van der Waals surface area contributed by atoms with Crippen LogP contribution in [0.5, 0.6) is 5.75 Å². The molecule has 0 spiro atoms. The van der Waals surface area contributed by atoms with E-state index in [0.29, 0.717) is 63.0 Å². The molecule has 3 heterocycles. The molecular formula is C33H34ClF3N4O4S. The number of nitrogens with zero attached hydrogens (tertiary/aromatic N) is 4. The van der Waals surface area contributed by atoms with Gasteiger partial charge in [-0.15, -0.1) is 11.3 Å². The third-order valence-electron chi connectivity index (χ3n) is 9.25. The highest BCUT2D eigenvalue weighted by Crippen LogP contribution is 2.45. The van der Waals surface area contributed by atoms with Crippen LogP contribution >= 0.6 is 22.9 Å². The van der Waals surface area contributed by atoms with Crippen molar-refractivity contribution in [1.29, 1.82) is 0 Å². The van der Waals surface area contributed by atoms with E-state index in [1.807, 2.05) is 13.1 Å². The Balaban J connectivity index is 1.18. The van der Waals surface area contributed by atoms with Gasteiger partial charge in [0.15, 0.2) is 0 Å². The van der Waals surface area contributed by atoms with Crippen molar-refractivity contribution in [2.45, 2.75) is 64.7 Å². The molecule has 3 aromatic heterocycles. The summed E-state index contributed by atoms with van der Waals surface area (Å²) in [6, 6.07) is 7.18. The second-order valence-electron chi connectivity index (χ2n) is 12.4. The van der Waals surface area contributed by atoms with Crippen molar-refractivity contribution in [1.82, 2.24) is 19.4 Å². The number of benzene rings is 1. The first kappa shape index (κ1) is 32.5. The van der Waals surface area contributed by atoms with E-state index in [0.717, 1.165) is 17.7 Å². The third kappa shape index (κ3) is 6.39. The Morgan fingerprint density at radius 3 is 2.67 bits per heavy atom. The molecule has 0 saturated heterocycles. The Bertz CT molecular complexity index is 1870. The Kier molecular flexibility index (Phi) is 8.90. The molecule has 2 aliphatic carbocycles. The van der Waals surface area contributed by atoms with Gasteiger partial charge in [-0.1, -0.05) is 11.6 Å². The number of aryl methyl sites for hydroxylation is 3. The minimum absolute atomic E-state index is 0.0203. The Morgan fingerprint density at radius 2 is 1.96 bits per heavy atom. The van der Waals surface area contributed by atoms with Crippen LogP contribution in [-0.4, -0.2) is 62.9 Å². The summed E-state index contributed by atoms with van der Waals surface area (Å²) in [6.45, 7) is 4.60. The molecule has 1 fully saturated rings. The fourth-order valence-electron chi connectivity index (χ4n) is 6.73. The number of rotatable bonds is 9. The summed E-state index contributed by atoms with van der Waals surface area (Å²) in [4.78, 5) is 36.8. The molecule has 0 radical (unpaired) electrons.